The van der Waals surface area contributed by atoms with Gasteiger partial charge in [0.2, 0.25) is 0 Å². The van der Waals surface area contributed by atoms with E-state index < -0.39 is 0 Å². The second-order valence-corrected chi connectivity index (χ2v) is 5.68. The summed E-state index contributed by atoms with van der Waals surface area (Å²) in [6.45, 7) is 3.08. The molecule has 1 aromatic carbocycles. The average Bonchev–Trinajstić information content (AvgIpc) is 3.09. The third-order valence-electron chi connectivity index (χ3n) is 3.25. The third-order valence-corrected chi connectivity index (χ3v) is 3.95. The Morgan fingerprint density at radius 2 is 2.24 bits per heavy atom. The molecule has 0 aromatic heterocycles. The van der Waals surface area contributed by atoms with Crippen LogP contribution in [-0.2, 0) is 0 Å². The minimum Gasteiger partial charge on any atom is -0.310 e. The van der Waals surface area contributed by atoms with Crippen molar-refractivity contribution in [2.24, 2.45) is 5.92 Å². The highest BCUT2D eigenvalue weighted by molar-refractivity contribution is 9.10. The highest BCUT2D eigenvalue weighted by atomic mass is 79.9. The number of rotatable bonds is 6. The van der Waals surface area contributed by atoms with Crippen molar-refractivity contribution in [2.75, 3.05) is 6.54 Å². The molecule has 17 heavy (non-hydrogen) atoms. The van der Waals surface area contributed by atoms with Crippen LogP contribution in [0.2, 0.25) is 0 Å². The van der Waals surface area contributed by atoms with Crippen LogP contribution < -0.4 is 5.32 Å². The topological polar surface area (TPSA) is 12.0 Å². The van der Waals surface area contributed by atoms with Crippen LogP contribution in [0.25, 0.3) is 0 Å². The maximum atomic E-state index is 13.9. The standard InChI is InChI=1S/C14H19BrFN/c1-2-8-17-13(9-10-6-7-10)14-11(15)4-3-5-12(14)16/h3-5,10,13,17H,2,6-9H2,1H3. The van der Waals surface area contributed by atoms with Gasteiger partial charge in [-0.3, -0.25) is 0 Å². The van der Waals surface area contributed by atoms with Crippen LogP contribution in [-0.4, -0.2) is 6.54 Å². The molecule has 0 saturated heterocycles. The molecule has 1 nitrogen and oxygen atoms in total. The molecular formula is C14H19BrFN. The molecule has 1 aliphatic carbocycles. The molecule has 1 aliphatic rings. The summed E-state index contributed by atoms with van der Waals surface area (Å²) in [4.78, 5) is 0. The van der Waals surface area contributed by atoms with Crippen molar-refractivity contribution in [3.8, 4) is 0 Å². The van der Waals surface area contributed by atoms with Gasteiger partial charge >= 0.3 is 0 Å². The summed E-state index contributed by atoms with van der Waals surface area (Å²) < 4.78 is 14.8. The lowest BCUT2D eigenvalue weighted by molar-refractivity contribution is 0.451. The Morgan fingerprint density at radius 3 is 2.82 bits per heavy atom. The van der Waals surface area contributed by atoms with Gasteiger partial charge in [0.15, 0.2) is 0 Å². The predicted molar refractivity (Wildman–Crippen MR) is 72.5 cm³/mol. The smallest absolute Gasteiger partial charge is 0.129 e. The van der Waals surface area contributed by atoms with E-state index >= 15 is 0 Å². The SMILES string of the molecule is CCCNC(CC1CC1)c1c(F)cccc1Br. The van der Waals surface area contributed by atoms with Crippen molar-refractivity contribution in [1.82, 2.24) is 5.32 Å². The van der Waals surface area contributed by atoms with Gasteiger partial charge in [0.05, 0.1) is 0 Å². The monoisotopic (exact) mass is 299 g/mol. The fraction of sp³-hybridized carbons (Fsp3) is 0.571. The van der Waals surface area contributed by atoms with E-state index in [1.165, 1.54) is 12.8 Å². The van der Waals surface area contributed by atoms with E-state index in [0.29, 0.717) is 0 Å². The van der Waals surface area contributed by atoms with Crippen LogP contribution in [0, 0.1) is 11.7 Å². The molecule has 0 radical (unpaired) electrons. The van der Waals surface area contributed by atoms with Gasteiger partial charge in [-0.05, 0) is 37.4 Å². The molecule has 1 N–H and O–H groups in total. The first-order valence-electron chi connectivity index (χ1n) is 6.39. The van der Waals surface area contributed by atoms with Gasteiger partial charge in [0, 0.05) is 16.1 Å². The Bertz CT molecular complexity index is 356. The Balaban J connectivity index is 2.16. The summed E-state index contributed by atoms with van der Waals surface area (Å²) in [5, 5.41) is 3.47. The first-order chi connectivity index (χ1) is 8.22. The predicted octanol–water partition coefficient (Wildman–Crippen LogP) is 4.43. The number of hydrogen-bond acceptors (Lipinski definition) is 1. The Hall–Kier alpha value is -0.410. The van der Waals surface area contributed by atoms with E-state index in [0.717, 1.165) is 35.3 Å². The average molecular weight is 300 g/mol. The molecule has 94 valence electrons. The zero-order valence-corrected chi connectivity index (χ0v) is 11.8. The summed E-state index contributed by atoms with van der Waals surface area (Å²) in [5.41, 5.74) is 0.799. The third kappa shape index (κ3) is 3.52. The van der Waals surface area contributed by atoms with Gasteiger partial charge < -0.3 is 5.32 Å². The number of halogens is 2. The molecule has 2 rings (SSSR count). The van der Waals surface area contributed by atoms with E-state index in [1.807, 2.05) is 6.07 Å². The van der Waals surface area contributed by atoms with E-state index in [4.69, 9.17) is 0 Å². The van der Waals surface area contributed by atoms with Crippen LogP contribution in [0.15, 0.2) is 22.7 Å². The minimum absolute atomic E-state index is 0.103. The lowest BCUT2D eigenvalue weighted by atomic mass is 10.0. The van der Waals surface area contributed by atoms with Crippen molar-refractivity contribution >= 4 is 15.9 Å². The van der Waals surface area contributed by atoms with Crippen LogP contribution in [0.1, 0.15) is 44.2 Å². The van der Waals surface area contributed by atoms with Gasteiger partial charge in [-0.2, -0.15) is 0 Å². The summed E-state index contributed by atoms with van der Waals surface area (Å²) in [6.07, 6.45) is 4.74. The first-order valence-corrected chi connectivity index (χ1v) is 7.19. The highest BCUT2D eigenvalue weighted by Crippen LogP contribution is 2.39. The number of hydrogen-bond donors (Lipinski definition) is 1. The molecule has 1 fully saturated rings. The summed E-state index contributed by atoms with van der Waals surface area (Å²) in [5.74, 6) is 0.685. The molecular weight excluding hydrogens is 281 g/mol. The van der Waals surface area contributed by atoms with Gasteiger partial charge in [0.25, 0.3) is 0 Å². The highest BCUT2D eigenvalue weighted by Gasteiger charge is 2.28. The Morgan fingerprint density at radius 1 is 1.47 bits per heavy atom. The van der Waals surface area contributed by atoms with Crippen molar-refractivity contribution in [3.63, 3.8) is 0 Å². The molecule has 1 atom stereocenters. The maximum Gasteiger partial charge on any atom is 0.129 e. The fourth-order valence-electron chi connectivity index (χ4n) is 2.15. The maximum absolute atomic E-state index is 13.9. The first kappa shape index (κ1) is 13.0. The molecule has 1 saturated carbocycles. The Labute approximate surface area is 111 Å². The van der Waals surface area contributed by atoms with Crippen LogP contribution in [0.3, 0.4) is 0 Å². The van der Waals surface area contributed by atoms with E-state index in [2.05, 4.69) is 28.2 Å². The molecule has 1 aromatic rings. The molecule has 0 spiro atoms. The largest absolute Gasteiger partial charge is 0.310 e. The van der Waals surface area contributed by atoms with Crippen molar-refractivity contribution in [2.45, 2.75) is 38.6 Å². The minimum atomic E-state index is -0.103. The number of benzene rings is 1. The van der Waals surface area contributed by atoms with Gasteiger partial charge in [0.1, 0.15) is 5.82 Å². The van der Waals surface area contributed by atoms with Gasteiger partial charge in [-0.15, -0.1) is 0 Å². The van der Waals surface area contributed by atoms with E-state index in [-0.39, 0.29) is 11.9 Å². The number of nitrogens with one attached hydrogen (secondary N) is 1. The molecule has 0 bridgehead atoms. The summed E-state index contributed by atoms with van der Waals surface area (Å²) >= 11 is 3.47. The van der Waals surface area contributed by atoms with Crippen molar-refractivity contribution < 1.29 is 4.39 Å². The quantitative estimate of drug-likeness (QED) is 0.819. The zero-order chi connectivity index (χ0) is 12.3. The zero-order valence-electron chi connectivity index (χ0n) is 10.2. The molecule has 0 aliphatic heterocycles. The lowest BCUT2D eigenvalue weighted by Crippen LogP contribution is -2.24. The van der Waals surface area contributed by atoms with E-state index in [9.17, 15) is 4.39 Å². The second kappa shape index (κ2) is 5.96. The summed E-state index contributed by atoms with van der Waals surface area (Å²) in [7, 11) is 0. The van der Waals surface area contributed by atoms with Crippen LogP contribution in [0.5, 0.6) is 0 Å². The lowest BCUT2D eigenvalue weighted by Gasteiger charge is -2.20. The summed E-state index contributed by atoms with van der Waals surface area (Å²) in [6, 6.07) is 5.37. The van der Waals surface area contributed by atoms with Gasteiger partial charge in [-0.1, -0.05) is 41.8 Å². The van der Waals surface area contributed by atoms with Gasteiger partial charge in [-0.25, -0.2) is 4.39 Å². The van der Waals surface area contributed by atoms with Crippen molar-refractivity contribution in [1.29, 1.82) is 0 Å². The van der Waals surface area contributed by atoms with E-state index in [1.54, 1.807) is 12.1 Å². The normalized spacial score (nSPS) is 17.1. The van der Waals surface area contributed by atoms with Crippen LogP contribution >= 0.6 is 15.9 Å². The second-order valence-electron chi connectivity index (χ2n) is 4.82. The fourth-order valence-corrected chi connectivity index (χ4v) is 2.77. The Kier molecular flexibility index (Phi) is 4.57. The van der Waals surface area contributed by atoms with Crippen molar-refractivity contribution in [3.05, 3.63) is 34.1 Å². The van der Waals surface area contributed by atoms with Crippen LogP contribution in [0.4, 0.5) is 4.39 Å². The molecule has 0 heterocycles. The molecule has 0 amide bonds. The molecule has 3 heteroatoms. The molecule has 1 unspecified atom stereocenters.